The number of rotatable bonds is 8. The van der Waals surface area contributed by atoms with E-state index in [1.54, 1.807) is 12.1 Å². The average molecular weight is 569 g/mol. The van der Waals surface area contributed by atoms with Gasteiger partial charge >= 0.3 is 12.1 Å². The first-order valence-corrected chi connectivity index (χ1v) is 13.5. The maximum absolute atomic E-state index is 13.6. The van der Waals surface area contributed by atoms with Crippen LogP contribution in [0.15, 0.2) is 60.9 Å². The molecule has 3 heterocycles. The highest BCUT2D eigenvalue weighted by atomic mass is 19.4. The number of carboxylic acids is 1. The predicted molar refractivity (Wildman–Crippen MR) is 148 cm³/mol. The molecule has 41 heavy (non-hydrogen) atoms. The summed E-state index contributed by atoms with van der Waals surface area (Å²) < 4.78 is 40.9. The summed E-state index contributed by atoms with van der Waals surface area (Å²) in [5.41, 5.74) is 2.93. The lowest BCUT2D eigenvalue weighted by atomic mass is 9.98. The van der Waals surface area contributed by atoms with Crippen molar-refractivity contribution in [3.63, 3.8) is 0 Å². The van der Waals surface area contributed by atoms with E-state index in [0.29, 0.717) is 56.2 Å². The summed E-state index contributed by atoms with van der Waals surface area (Å²) in [6, 6.07) is 13.2. The third-order valence-electron chi connectivity index (χ3n) is 7.49. The Balaban J connectivity index is 1.30. The fourth-order valence-corrected chi connectivity index (χ4v) is 5.43. The number of likely N-dealkylation sites (tertiary alicyclic amines) is 1. The van der Waals surface area contributed by atoms with E-state index in [-0.39, 0.29) is 25.2 Å². The van der Waals surface area contributed by atoms with Crippen LogP contribution in [0.25, 0.3) is 11.1 Å². The number of alkyl halides is 3. The third kappa shape index (κ3) is 7.01. The second-order valence-electron chi connectivity index (χ2n) is 10.3. The van der Waals surface area contributed by atoms with Gasteiger partial charge in [0.2, 0.25) is 0 Å². The number of hydrogen-bond donors (Lipinski definition) is 2. The summed E-state index contributed by atoms with van der Waals surface area (Å²) in [5, 5.41) is 11.8. The van der Waals surface area contributed by atoms with Crippen molar-refractivity contribution in [3.05, 3.63) is 72.2 Å². The average Bonchev–Trinajstić information content (AvgIpc) is 3.43. The highest BCUT2D eigenvalue weighted by Gasteiger charge is 2.45. The molecule has 5 rings (SSSR count). The van der Waals surface area contributed by atoms with Crippen molar-refractivity contribution in [2.45, 2.75) is 31.6 Å². The molecule has 0 unspecified atom stereocenters. The minimum absolute atomic E-state index is 0.00634. The van der Waals surface area contributed by atoms with E-state index in [9.17, 15) is 22.8 Å². The number of carbonyl (C=O) groups is 2. The Hall–Kier alpha value is -4.03. The van der Waals surface area contributed by atoms with E-state index in [4.69, 9.17) is 5.11 Å². The molecule has 2 N–H and O–H groups in total. The Morgan fingerprint density at radius 2 is 1.73 bits per heavy atom. The SMILES string of the molecule is O=C(O)CN1CCN(c2cnc(C(=O)Nc3ccc(-c4ccccc4)c(CN4CCC[C@H]4C(F)(F)F)c3)cn2)CC1. The molecule has 1 aromatic heterocycles. The van der Waals surface area contributed by atoms with Gasteiger partial charge in [0.15, 0.2) is 0 Å². The number of nitrogens with zero attached hydrogens (tertiary/aromatic N) is 5. The van der Waals surface area contributed by atoms with Gasteiger partial charge in [0.1, 0.15) is 17.6 Å². The van der Waals surface area contributed by atoms with Gasteiger partial charge in [-0.2, -0.15) is 13.2 Å². The van der Waals surface area contributed by atoms with Crippen LogP contribution in [-0.4, -0.2) is 88.2 Å². The molecule has 3 aromatic rings. The predicted octanol–water partition coefficient (Wildman–Crippen LogP) is 4.13. The zero-order valence-electron chi connectivity index (χ0n) is 22.3. The van der Waals surface area contributed by atoms with Gasteiger partial charge in [-0.3, -0.25) is 19.4 Å². The van der Waals surface area contributed by atoms with Crippen molar-refractivity contribution in [2.24, 2.45) is 0 Å². The highest BCUT2D eigenvalue weighted by Crippen LogP contribution is 2.36. The summed E-state index contributed by atoms with van der Waals surface area (Å²) in [5.74, 6) is -0.754. The molecule has 9 nitrogen and oxygen atoms in total. The Morgan fingerprint density at radius 1 is 0.976 bits per heavy atom. The fraction of sp³-hybridized carbons (Fsp3) is 0.379. The van der Waals surface area contributed by atoms with Gasteiger partial charge in [-0.15, -0.1) is 0 Å². The van der Waals surface area contributed by atoms with Crippen LogP contribution < -0.4 is 10.2 Å². The molecule has 0 radical (unpaired) electrons. The number of carbonyl (C=O) groups excluding carboxylic acids is 1. The number of aromatic nitrogens is 2. The van der Waals surface area contributed by atoms with Crippen molar-refractivity contribution in [2.75, 3.05) is 49.5 Å². The largest absolute Gasteiger partial charge is 0.480 e. The molecule has 0 aliphatic carbocycles. The Morgan fingerprint density at radius 3 is 2.39 bits per heavy atom. The lowest BCUT2D eigenvalue weighted by Gasteiger charge is -2.34. The molecule has 0 spiro atoms. The molecule has 216 valence electrons. The van der Waals surface area contributed by atoms with Crippen LogP contribution in [0, 0.1) is 0 Å². The minimum Gasteiger partial charge on any atom is -0.480 e. The Kier molecular flexibility index (Phi) is 8.50. The number of hydrogen-bond acceptors (Lipinski definition) is 7. The van der Waals surface area contributed by atoms with E-state index < -0.39 is 24.1 Å². The van der Waals surface area contributed by atoms with Crippen LogP contribution in [0.4, 0.5) is 24.7 Å². The standard InChI is InChI=1S/C29H31F3N6O3/c30-29(31,32)25-7-4-10-38(25)18-21-15-22(8-9-23(21)20-5-2-1-3-6-20)35-28(41)24-16-34-26(17-33-24)37-13-11-36(12-14-37)19-27(39)40/h1-3,5-6,8-9,15-17,25H,4,7,10-14,18-19H2,(H,35,41)(H,39,40)/t25-/m0/s1. The molecule has 1 atom stereocenters. The van der Waals surface area contributed by atoms with Crippen molar-refractivity contribution in [3.8, 4) is 11.1 Å². The van der Waals surface area contributed by atoms with Gasteiger partial charge in [0.05, 0.1) is 18.9 Å². The number of anilines is 2. The van der Waals surface area contributed by atoms with Crippen LogP contribution >= 0.6 is 0 Å². The summed E-state index contributed by atoms with van der Waals surface area (Å²) >= 11 is 0. The maximum atomic E-state index is 13.6. The number of halogens is 3. The number of amides is 1. The van der Waals surface area contributed by atoms with Gasteiger partial charge in [0, 0.05) is 38.4 Å². The summed E-state index contributed by atoms with van der Waals surface area (Å²) in [7, 11) is 0. The molecule has 1 amide bonds. The lowest BCUT2D eigenvalue weighted by molar-refractivity contribution is -0.177. The first kappa shape index (κ1) is 28.5. The number of carboxylic acid groups (broad SMARTS) is 1. The third-order valence-corrected chi connectivity index (χ3v) is 7.49. The zero-order chi connectivity index (χ0) is 29.0. The van der Waals surface area contributed by atoms with Crippen molar-refractivity contribution in [1.82, 2.24) is 19.8 Å². The van der Waals surface area contributed by atoms with Crippen molar-refractivity contribution >= 4 is 23.4 Å². The minimum atomic E-state index is -4.30. The molecule has 2 aliphatic rings. The maximum Gasteiger partial charge on any atom is 0.404 e. The van der Waals surface area contributed by atoms with E-state index in [2.05, 4.69) is 15.3 Å². The number of benzene rings is 2. The summed E-state index contributed by atoms with van der Waals surface area (Å²) in [6.07, 6.45) is -0.852. The normalized spacial score (nSPS) is 18.4. The van der Waals surface area contributed by atoms with E-state index >= 15 is 0 Å². The smallest absolute Gasteiger partial charge is 0.404 e. The van der Waals surface area contributed by atoms with Crippen LogP contribution in [0.3, 0.4) is 0 Å². The monoisotopic (exact) mass is 568 g/mol. The second-order valence-corrected chi connectivity index (χ2v) is 10.3. The number of aliphatic carboxylic acids is 1. The zero-order valence-corrected chi connectivity index (χ0v) is 22.3. The quantitative estimate of drug-likeness (QED) is 0.419. The second kappa shape index (κ2) is 12.2. The molecular weight excluding hydrogens is 537 g/mol. The fourth-order valence-electron chi connectivity index (χ4n) is 5.43. The van der Waals surface area contributed by atoms with Crippen molar-refractivity contribution in [1.29, 1.82) is 0 Å². The lowest BCUT2D eigenvalue weighted by Crippen LogP contribution is -2.48. The topological polar surface area (TPSA) is 102 Å². The Bertz CT molecular complexity index is 1360. The first-order chi connectivity index (χ1) is 19.7. The molecule has 12 heteroatoms. The van der Waals surface area contributed by atoms with Gasteiger partial charge < -0.3 is 15.3 Å². The number of nitrogens with one attached hydrogen (secondary N) is 1. The van der Waals surface area contributed by atoms with Gasteiger partial charge in [-0.1, -0.05) is 36.4 Å². The van der Waals surface area contributed by atoms with Gasteiger partial charge in [-0.05, 0) is 48.2 Å². The van der Waals surface area contributed by atoms with Crippen LogP contribution in [-0.2, 0) is 11.3 Å². The van der Waals surface area contributed by atoms with Crippen LogP contribution in [0.5, 0.6) is 0 Å². The molecule has 2 fully saturated rings. The summed E-state index contributed by atoms with van der Waals surface area (Å²) in [4.78, 5) is 37.8. The molecule has 0 bridgehead atoms. The van der Waals surface area contributed by atoms with E-state index in [1.165, 1.54) is 17.3 Å². The molecule has 2 saturated heterocycles. The molecule has 2 aromatic carbocycles. The van der Waals surface area contributed by atoms with E-state index in [1.807, 2.05) is 46.2 Å². The molecular formula is C29H31F3N6O3. The molecule has 2 aliphatic heterocycles. The van der Waals surface area contributed by atoms with Gasteiger partial charge in [0.25, 0.3) is 5.91 Å². The van der Waals surface area contributed by atoms with Crippen LogP contribution in [0.2, 0.25) is 0 Å². The van der Waals surface area contributed by atoms with Crippen LogP contribution in [0.1, 0.15) is 28.9 Å². The number of piperazine rings is 1. The Labute approximate surface area is 235 Å². The van der Waals surface area contributed by atoms with Crippen molar-refractivity contribution < 1.29 is 27.9 Å². The highest BCUT2D eigenvalue weighted by molar-refractivity contribution is 6.02. The first-order valence-electron chi connectivity index (χ1n) is 13.5. The van der Waals surface area contributed by atoms with E-state index in [0.717, 1.165) is 11.1 Å². The van der Waals surface area contributed by atoms with Gasteiger partial charge in [-0.25, -0.2) is 9.97 Å². The molecule has 0 saturated carbocycles. The summed E-state index contributed by atoms with van der Waals surface area (Å²) in [6.45, 7) is 2.80.